The molecule has 2 aromatic carbocycles. The zero-order chi connectivity index (χ0) is 23.2. The summed E-state index contributed by atoms with van der Waals surface area (Å²) in [4.78, 5) is 6.96. The first-order chi connectivity index (χ1) is 15.2. The number of nitriles is 1. The van der Waals surface area contributed by atoms with Gasteiger partial charge in [0, 0.05) is 24.6 Å². The summed E-state index contributed by atoms with van der Waals surface area (Å²) < 4.78 is 64.2. The second-order valence-electron chi connectivity index (χ2n) is 6.45. The second-order valence-corrected chi connectivity index (χ2v) is 8.40. The van der Waals surface area contributed by atoms with Crippen LogP contribution in [0.25, 0.3) is 0 Å². The number of pyridine rings is 1. The van der Waals surface area contributed by atoms with Crippen LogP contribution in [-0.2, 0) is 22.6 Å². The second kappa shape index (κ2) is 9.49. The highest BCUT2D eigenvalue weighted by atomic mass is 32.2. The molecule has 0 saturated carbocycles. The summed E-state index contributed by atoms with van der Waals surface area (Å²) in [5, 5.41) is 14.7. The predicted octanol–water partition coefficient (Wildman–Crippen LogP) is 3.97. The zero-order valence-corrected chi connectivity index (χ0v) is 17.2. The monoisotopic (exact) mass is 459 g/mol. The van der Waals surface area contributed by atoms with Crippen molar-refractivity contribution in [3.05, 3.63) is 84.2 Å². The Kier molecular flexibility index (Phi) is 6.75. The van der Waals surface area contributed by atoms with Crippen LogP contribution >= 0.6 is 0 Å². The molecule has 0 radical (unpaired) electrons. The van der Waals surface area contributed by atoms with E-state index in [1.54, 1.807) is 30.7 Å². The van der Waals surface area contributed by atoms with Gasteiger partial charge in [-0.3, -0.25) is 4.98 Å². The maximum Gasteiger partial charge on any atom is 0.416 e. The quantitative estimate of drug-likeness (QED) is 0.340. The van der Waals surface area contributed by atoms with E-state index in [1.165, 1.54) is 24.3 Å². The van der Waals surface area contributed by atoms with E-state index in [9.17, 15) is 21.6 Å². The van der Waals surface area contributed by atoms with Crippen LogP contribution in [0.5, 0.6) is 0 Å². The molecular weight excluding hydrogens is 443 g/mol. The first kappa shape index (κ1) is 22.8. The molecule has 3 rings (SSSR count). The normalized spacial score (nSPS) is 12.1. The lowest BCUT2D eigenvalue weighted by molar-refractivity contribution is -0.137. The van der Waals surface area contributed by atoms with E-state index < -0.39 is 26.5 Å². The van der Waals surface area contributed by atoms with Crippen molar-refractivity contribution >= 4 is 21.5 Å². The molecule has 3 aromatic rings. The minimum absolute atomic E-state index is 0.138. The standard InChI is InChI=1S/C21H16F3N5O2S/c22-21(23,24)16-2-1-3-19(12-16)32(30,31)18-6-4-15(5-7-18)13-27-20(28-14-25)29-17-8-10-26-11-9-17/h1-12H,13H2,(H2,26,27,28,29). The predicted molar refractivity (Wildman–Crippen MR) is 111 cm³/mol. The number of rotatable bonds is 5. The van der Waals surface area contributed by atoms with Crippen LogP contribution < -0.4 is 10.6 Å². The Balaban J connectivity index is 1.73. The van der Waals surface area contributed by atoms with Gasteiger partial charge in [-0.05, 0) is 48.0 Å². The van der Waals surface area contributed by atoms with Crippen molar-refractivity contribution in [1.29, 1.82) is 5.26 Å². The van der Waals surface area contributed by atoms with Gasteiger partial charge in [0.2, 0.25) is 22.0 Å². The van der Waals surface area contributed by atoms with E-state index in [0.717, 1.165) is 18.2 Å². The van der Waals surface area contributed by atoms with Gasteiger partial charge in [-0.25, -0.2) is 8.42 Å². The summed E-state index contributed by atoms with van der Waals surface area (Å²) in [5.41, 5.74) is 0.282. The summed E-state index contributed by atoms with van der Waals surface area (Å²) in [6.45, 7) is 0.211. The number of guanidine groups is 1. The maximum absolute atomic E-state index is 12.9. The van der Waals surface area contributed by atoms with E-state index in [-0.39, 0.29) is 17.4 Å². The van der Waals surface area contributed by atoms with Crippen LogP contribution in [0, 0.1) is 11.5 Å². The summed E-state index contributed by atoms with van der Waals surface area (Å²) in [6, 6.07) is 12.6. The van der Waals surface area contributed by atoms with E-state index in [1.807, 2.05) is 0 Å². The van der Waals surface area contributed by atoms with E-state index in [4.69, 9.17) is 5.26 Å². The molecular formula is C21H16F3N5O2S. The Morgan fingerprint density at radius 1 is 1.03 bits per heavy atom. The number of nitrogens with one attached hydrogen (secondary N) is 2. The average Bonchev–Trinajstić information content (AvgIpc) is 2.78. The van der Waals surface area contributed by atoms with Crippen LogP contribution in [-0.4, -0.2) is 19.4 Å². The molecule has 0 aliphatic rings. The van der Waals surface area contributed by atoms with Gasteiger partial charge in [-0.15, -0.1) is 4.99 Å². The van der Waals surface area contributed by atoms with Crippen molar-refractivity contribution in [3.63, 3.8) is 0 Å². The number of alkyl halides is 3. The largest absolute Gasteiger partial charge is 0.416 e. The van der Waals surface area contributed by atoms with Crippen LogP contribution in [0.4, 0.5) is 18.9 Å². The van der Waals surface area contributed by atoms with Crippen molar-refractivity contribution in [2.24, 2.45) is 4.99 Å². The molecule has 0 saturated heterocycles. The van der Waals surface area contributed by atoms with Gasteiger partial charge >= 0.3 is 6.18 Å². The van der Waals surface area contributed by atoms with E-state index >= 15 is 0 Å². The number of benzene rings is 2. The Morgan fingerprint density at radius 2 is 1.72 bits per heavy atom. The summed E-state index contributed by atoms with van der Waals surface area (Å²) in [5.74, 6) is 0.180. The van der Waals surface area contributed by atoms with Crippen molar-refractivity contribution in [2.45, 2.75) is 22.5 Å². The Labute approximate surface area is 182 Å². The number of halogens is 3. The van der Waals surface area contributed by atoms with Gasteiger partial charge in [0.1, 0.15) is 0 Å². The molecule has 164 valence electrons. The molecule has 0 spiro atoms. The highest BCUT2D eigenvalue weighted by Crippen LogP contribution is 2.32. The third-order valence-electron chi connectivity index (χ3n) is 4.27. The summed E-state index contributed by atoms with van der Waals surface area (Å²) >= 11 is 0. The van der Waals surface area contributed by atoms with Gasteiger partial charge < -0.3 is 10.6 Å². The van der Waals surface area contributed by atoms with Gasteiger partial charge in [0.05, 0.1) is 15.4 Å². The molecule has 1 aromatic heterocycles. The van der Waals surface area contributed by atoms with E-state index in [0.29, 0.717) is 17.3 Å². The van der Waals surface area contributed by atoms with Gasteiger partial charge in [0.25, 0.3) is 0 Å². The third-order valence-corrected chi connectivity index (χ3v) is 6.04. The number of aromatic nitrogens is 1. The first-order valence-corrected chi connectivity index (χ1v) is 10.6. The smallest absolute Gasteiger partial charge is 0.351 e. The molecule has 0 amide bonds. The fraction of sp³-hybridized carbons (Fsp3) is 0.0952. The lowest BCUT2D eigenvalue weighted by atomic mass is 10.2. The summed E-state index contributed by atoms with van der Waals surface area (Å²) in [7, 11) is -4.12. The third kappa shape index (κ3) is 5.61. The highest BCUT2D eigenvalue weighted by Gasteiger charge is 2.32. The number of aliphatic imine (C=N–C) groups is 1. The lowest BCUT2D eigenvalue weighted by Gasteiger charge is -2.12. The summed E-state index contributed by atoms with van der Waals surface area (Å²) in [6.07, 6.45) is 0.160. The molecule has 32 heavy (non-hydrogen) atoms. The van der Waals surface area contributed by atoms with Crippen LogP contribution in [0.15, 0.2) is 87.8 Å². The molecule has 0 atom stereocenters. The first-order valence-electron chi connectivity index (χ1n) is 9.09. The molecule has 0 fully saturated rings. The molecule has 1 heterocycles. The van der Waals surface area contributed by atoms with Gasteiger partial charge in [-0.1, -0.05) is 18.2 Å². The van der Waals surface area contributed by atoms with Crippen molar-refractivity contribution < 1.29 is 21.6 Å². The highest BCUT2D eigenvalue weighted by molar-refractivity contribution is 7.91. The van der Waals surface area contributed by atoms with Crippen LogP contribution in [0.2, 0.25) is 0 Å². The molecule has 7 nitrogen and oxygen atoms in total. The minimum Gasteiger partial charge on any atom is -0.351 e. The molecule has 0 unspecified atom stereocenters. The molecule has 2 N–H and O–H groups in total. The number of anilines is 1. The number of hydrogen-bond donors (Lipinski definition) is 2. The molecule has 0 aliphatic heterocycles. The molecule has 0 aliphatic carbocycles. The van der Waals surface area contributed by atoms with Crippen molar-refractivity contribution in [1.82, 2.24) is 10.3 Å². The fourth-order valence-electron chi connectivity index (χ4n) is 2.68. The van der Waals surface area contributed by atoms with E-state index in [2.05, 4.69) is 20.6 Å². The minimum atomic E-state index is -4.64. The fourth-order valence-corrected chi connectivity index (χ4v) is 3.99. The number of hydrogen-bond acceptors (Lipinski definition) is 5. The SMILES string of the molecule is N#C/N=C(\NCc1ccc(S(=O)(=O)c2cccc(C(F)(F)F)c2)cc1)Nc1ccncc1. The molecule has 11 heteroatoms. The number of nitrogens with zero attached hydrogens (tertiary/aromatic N) is 3. The lowest BCUT2D eigenvalue weighted by Crippen LogP contribution is -2.30. The van der Waals surface area contributed by atoms with Gasteiger partial charge in [0.15, 0.2) is 0 Å². The average molecular weight is 459 g/mol. The van der Waals surface area contributed by atoms with Gasteiger partial charge in [-0.2, -0.15) is 18.4 Å². The zero-order valence-electron chi connectivity index (χ0n) is 16.3. The van der Waals surface area contributed by atoms with Crippen molar-refractivity contribution in [3.8, 4) is 6.19 Å². The van der Waals surface area contributed by atoms with Crippen LogP contribution in [0.1, 0.15) is 11.1 Å². The maximum atomic E-state index is 12.9. The number of sulfone groups is 1. The van der Waals surface area contributed by atoms with Crippen molar-refractivity contribution in [2.75, 3.05) is 5.32 Å². The van der Waals surface area contributed by atoms with Crippen LogP contribution in [0.3, 0.4) is 0 Å². The topological polar surface area (TPSA) is 107 Å². The Hall–Kier alpha value is -3.91. The molecule has 0 bridgehead atoms. The Morgan fingerprint density at radius 3 is 2.34 bits per heavy atom. The Bertz CT molecular complexity index is 1250.